The maximum atomic E-state index is 13.6. The molecule has 0 bridgehead atoms. The zero-order valence-corrected chi connectivity index (χ0v) is 23.8. The number of aliphatic hydroxyl groups is 1. The van der Waals surface area contributed by atoms with Crippen LogP contribution < -0.4 is 10.4 Å². The van der Waals surface area contributed by atoms with Gasteiger partial charge >= 0.3 is 0 Å². The molecule has 0 amide bonds. The number of halogens is 1. The van der Waals surface area contributed by atoms with Gasteiger partial charge < -0.3 is 10.0 Å². The van der Waals surface area contributed by atoms with Crippen LogP contribution >= 0.6 is 11.3 Å². The van der Waals surface area contributed by atoms with E-state index in [9.17, 15) is 17.9 Å². The number of aliphatic hydroxyl groups excluding tert-OH is 1. The minimum atomic E-state index is -3.18. The van der Waals surface area contributed by atoms with Crippen molar-refractivity contribution in [3.63, 3.8) is 0 Å². The molecule has 2 aromatic rings. The molecule has 0 spiro atoms. The molecule has 11 heteroatoms. The molecule has 0 radical (unpaired) electrons. The van der Waals surface area contributed by atoms with Gasteiger partial charge in [-0.2, -0.15) is 0 Å². The predicted octanol–water partition coefficient (Wildman–Crippen LogP) is 4.13. The highest BCUT2D eigenvalue weighted by Crippen LogP contribution is 2.34. The number of nitrogens with zero attached hydrogens (tertiary/aromatic N) is 5. The summed E-state index contributed by atoms with van der Waals surface area (Å²) in [6.07, 6.45) is 10.1. The van der Waals surface area contributed by atoms with Gasteiger partial charge in [0.1, 0.15) is 17.5 Å². The molecule has 0 saturated carbocycles. The first-order chi connectivity index (χ1) is 18.1. The minimum absolute atomic E-state index is 0.163. The standard InChI is InChI=1S/C27H36FN5O3S2/c1-5-14-29-25-11-8-22(20-12-15-32(16-13-20)38(4,35)36)17-33(25)19(2)31(3)27-30-26(24(18-34)37-27)21-6-9-23(28)10-7-21/h6-9,11,17,20,23,34H,2,5,10,12-16,18H2,1,3-4H3. The molecule has 4 rings (SSSR count). The van der Waals surface area contributed by atoms with Gasteiger partial charge in [-0.05, 0) is 48.5 Å². The number of hydrogen-bond acceptors (Lipinski definition) is 7. The molecular weight excluding hydrogens is 525 g/mol. The zero-order chi connectivity index (χ0) is 27.4. The molecular formula is C27H36FN5O3S2. The fourth-order valence-corrected chi connectivity index (χ4v) is 6.49. The Morgan fingerprint density at radius 2 is 2.08 bits per heavy atom. The molecule has 38 heavy (non-hydrogen) atoms. The fourth-order valence-electron chi connectivity index (χ4n) is 4.69. The van der Waals surface area contributed by atoms with Crippen LogP contribution in [0.25, 0.3) is 11.4 Å². The van der Waals surface area contributed by atoms with Gasteiger partial charge in [-0.15, -0.1) is 0 Å². The minimum Gasteiger partial charge on any atom is -0.391 e. The van der Waals surface area contributed by atoms with E-state index in [1.165, 1.54) is 23.7 Å². The Kier molecular flexibility index (Phi) is 9.02. The molecule has 1 saturated heterocycles. The second-order valence-electron chi connectivity index (χ2n) is 9.68. The van der Waals surface area contributed by atoms with Gasteiger partial charge in [0.2, 0.25) is 10.0 Å². The molecule has 1 aliphatic carbocycles. The lowest BCUT2D eigenvalue weighted by Crippen LogP contribution is -2.37. The van der Waals surface area contributed by atoms with Gasteiger partial charge in [0, 0.05) is 39.3 Å². The van der Waals surface area contributed by atoms with Crippen molar-refractivity contribution >= 4 is 37.9 Å². The number of aromatic nitrogens is 2. The van der Waals surface area contributed by atoms with Crippen LogP contribution in [0.4, 0.5) is 9.52 Å². The average Bonchev–Trinajstić information content (AvgIpc) is 3.35. The summed E-state index contributed by atoms with van der Waals surface area (Å²) in [7, 11) is -1.31. The number of sulfonamides is 1. The highest BCUT2D eigenvalue weighted by molar-refractivity contribution is 7.88. The Balaban J connectivity index is 1.63. The Hall–Kier alpha value is -2.60. The molecule has 1 atom stereocenters. The first-order valence-electron chi connectivity index (χ1n) is 12.9. The lowest BCUT2D eigenvalue weighted by Gasteiger charge is -2.31. The lowest BCUT2D eigenvalue weighted by molar-refractivity contribution is 0.285. The van der Waals surface area contributed by atoms with E-state index in [0.717, 1.165) is 35.9 Å². The smallest absolute Gasteiger partial charge is 0.211 e. The molecule has 1 N–H and O–H groups in total. The van der Waals surface area contributed by atoms with E-state index >= 15 is 0 Å². The van der Waals surface area contributed by atoms with Gasteiger partial charge in [-0.25, -0.2) is 22.1 Å². The summed E-state index contributed by atoms with van der Waals surface area (Å²) < 4.78 is 41.0. The molecule has 0 aromatic carbocycles. The molecule has 1 fully saturated rings. The van der Waals surface area contributed by atoms with Crippen LogP contribution in [0.3, 0.4) is 0 Å². The summed E-state index contributed by atoms with van der Waals surface area (Å²) in [4.78, 5) is 12.1. The Morgan fingerprint density at radius 1 is 1.34 bits per heavy atom. The molecule has 8 nitrogen and oxygen atoms in total. The number of hydrogen-bond donors (Lipinski definition) is 1. The van der Waals surface area contributed by atoms with Gasteiger partial charge in [0.25, 0.3) is 0 Å². The van der Waals surface area contributed by atoms with Crippen LogP contribution in [-0.4, -0.2) is 66.5 Å². The average molecular weight is 562 g/mol. The van der Waals surface area contributed by atoms with Gasteiger partial charge in [-0.1, -0.05) is 43.1 Å². The summed E-state index contributed by atoms with van der Waals surface area (Å²) >= 11 is 1.37. The third kappa shape index (κ3) is 6.33. The molecule has 2 aliphatic rings. The number of piperidine rings is 1. The van der Waals surface area contributed by atoms with Crippen molar-refractivity contribution in [1.29, 1.82) is 0 Å². The first-order valence-corrected chi connectivity index (χ1v) is 15.5. The molecule has 3 heterocycles. The molecule has 2 aromatic heterocycles. The summed E-state index contributed by atoms with van der Waals surface area (Å²) in [5.74, 6) is 0.881. The third-order valence-electron chi connectivity index (χ3n) is 6.94. The van der Waals surface area contributed by atoms with Crippen molar-refractivity contribution in [3.8, 4) is 0 Å². The van der Waals surface area contributed by atoms with Crippen LogP contribution in [0, 0.1) is 0 Å². The first kappa shape index (κ1) is 28.4. The second-order valence-corrected chi connectivity index (χ2v) is 12.7. The van der Waals surface area contributed by atoms with E-state index < -0.39 is 16.2 Å². The van der Waals surface area contributed by atoms with E-state index in [2.05, 4.69) is 19.6 Å². The highest BCUT2D eigenvalue weighted by atomic mass is 32.2. The Morgan fingerprint density at radius 3 is 2.68 bits per heavy atom. The number of alkyl halides is 1. The summed E-state index contributed by atoms with van der Waals surface area (Å²) in [6.45, 7) is 7.95. The monoisotopic (exact) mass is 561 g/mol. The zero-order valence-electron chi connectivity index (χ0n) is 22.2. The Bertz CT molecular complexity index is 1400. The van der Waals surface area contributed by atoms with Crippen LogP contribution in [-0.2, 0) is 16.6 Å². The lowest BCUT2D eigenvalue weighted by atomic mass is 9.91. The summed E-state index contributed by atoms with van der Waals surface area (Å²) in [6, 6.07) is 4.06. The topological polar surface area (TPSA) is 91.0 Å². The third-order valence-corrected chi connectivity index (χ3v) is 9.36. The fraction of sp³-hybridized carbons (Fsp3) is 0.481. The maximum absolute atomic E-state index is 13.6. The molecule has 206 valence electrons. The SMILES string of the molecule is C=C(N(C)c1nc(C2=CCC(F)C=C2)c(CO)s1)n1cc(C2CCN(S(C)(=O)=O)CC2)ccc1=NCCC. The number of thiazole rings is 1. The highest BCUT2D eigenvalue weighted by Gasteiger charge is 2.26. The Labute approximate surface area is 228 Å². The number of allylic oxidation sites excluding steroid dienone is 4. The van der Waals surface area contributed by atoms with Crippen LogP contribution in [0.15, 0.2) is 48.1 Å². The van der Waals surface area contributed by atoms with E-state index in [0.29, 0.717) is 47.6 Å². The summed E-state index contributed by atoms with van der Waals surface area (Å²) in [5, 5.41) is 10.6. The van der Waals surface area contributed by atoms with Crippen molar-refractivity contribution in [2.75, 3.05) is 37.8 Å². The van der Waals surface area contributed by atoms with E-state index in [1.54, 1.807) is 10.4 Å². The second kappa shape index (κ2) is 12.1. The van der Waals surface area contributed by atoms with Gasteiger partial charge in [0.05, 0.1) is 23.4 Å². The van der Waals surface area contributed by atoms with E-state index in [4.69, 9.17) is 9.98 Å². The van der Waals surface area contributed by atoms with Crippen molar-refractivity contribution < 1.29 is 17.9 Å². The van der Waals surface area contributed by atoms with Crippen molar-refractivity contribution in [1.82, 2.24) is 13.9 Å². The van der Waals surface area contributed by atoms with Crippen molar-refractivity contribution in [2.45, 2.75) is 51.3 Å². The van der Waals surface area contributed by atoms with E-state index in [-0.39, 0.29) is 12.5 Å². The van der Waals surface area contributed by atoms with Crippen LogP contribution in [0.2, 0.25) is 0 Å². The number of anilines is 1. The van der Waals surface area contributed by atoms with Crippen LogP contribution in [0.5, 0.6) is 0 Å². The maximum Gasteiger partial charge on any atom is 0.211 e. The van der Waals surface area contributed by atoms with Crippen molar-refractivity contribution in [2.24, 2.45) is 4.99 Å². The number of rotatable bonds is 9. The quantitative estimate of drug-likeness (QED) is 0.497. The van der Waals surface area contributed by atoms with Gasteiger partial charge in [-0.3, -0.25) is 9.56 Å². The molecule has 1 unspecified atom stereocenters. The molecule has 1 aliphatic heterocycles. The predicted molar refractivity (Wildman–Crippen MR) is 152 cm³/mol. The largest absolute Gasteiger partial charge is 0.391 e. The summed E-state index contributed by atoms with van der Waals surface area (Å²) in [5.41, 5.74) is 3.34. The van der Waals surface area contributed by atoms with Gasteiger partial charge in [0.15, 0.2) is 5.13 Å². The van der Waals surface area contributed by atoms with E-state index in [1.807, 2.05) is 34.9 Å². The number of pyridine rings is 1. The van der Waals surface area contributed by atoms with Crippen LogP contribution in [0.1, 0.15) is 54.7 Å². The van der Waals surface area contributed by atoms with Crippen molar-refractivity contribution in [3.05, 3.63) is 64.8 Å². The normalized spacial score (nSPS) is 19.6.